The van der Waals surface area contributed by atoms with Crippen LogP contribution < -0.4 is 16.6 Å². The lowest BCUT2D eigenvalue weighted by molar-refractivity contribution is -0.122. The largest absolute Gasteiger partial charge is 0.468 e. The van der Waals surface area contributed by atoms with Crippen molar-refractivity contribution in [2.45, 2.75) is 25.4 Å². The van der Waals surface area contributed by atoms with Gasteiger partial charge in [0.05, 0.1) is 12.3 Å². The zero-order chi connectivity index (χ0) is 17.8. The van der Waals surface area contributed by atoms with Crippen molar-refractivity contribution in [2.24, 2.45) is 7.05 Å². The number of furan rings is 1. The van der Waals surface area contributed by atoms with Crippen LogP contribution in [0.1, 0.15) is 24.6 Å². The van der Waals surface area contributed by atoms with Gasteiger partial charge in [0.2, 0.25) is 5.91 Å². The van der Waals surface area contributed by atoms with Crippen molar-refractivity contribution in [1.82, 2.24) is 19.4 Å². The van der Waals surface area contributed by atoms with E-state index in [1.807, 2.05) is 12.1 Å². The van der Waals surface area contributed by atoms with Crippen LogP contribution in [0.5, 0.6) is 0 Å². The second-order valence-corrected chi connectivity index (χ2v) is 6.20. The predicted octanol–water partition coefficient (Wildman–Crippen LogP) is 0.0933. The number of likely N-dealkylation sites (tertiary alicyclic amines) is 1. The normalized spacial score (nSPS) is 16.0. The van der Waals surface area contributed by atoms with Crippen LogP contribution in [-0.2, 0) is 18.4 Å². The maximum absolute atomic E-state index is 12.2. The quantitative estimate of drug-likeness (QED) is 0.801. The van der Waals surface area contributed by atoms with E-state index in [1.54, 1.807) is 6.26 Å². The molecular formula is C17H22N4O4. The molecule has 1 fully saturated rings. The van der Waals surface area contributed by atoms with Crippen molar-refractivity contribution in [3.63, 3.8) is 0 Å². The van der Waals surface area contributed by atoms with E-state index in [9.17, 15) is 14.4 Å². The molecule has 1 aliphatic heterocycles. The Labute approximate surface area is 144 Å². The fraction of sp³-hybridized carbons (Fsp3) is 0.471. The summed E-state index contributed by atoms with van der Waals surface area (Å²) in [5.41, 5.74) is -0.904. The first kappa shape index (κ1) is 17.2. The molecule has 1 amide bonds. The summed E-state index contributed by atoms with van der Waals surface area (Å²) in [5, 5.41) is 2.87. The topological polar surface area (TPSA) is 89.5 Å². The van der Waals surface area contributed by atoms with Gasteiger partial charge in [-0.15, -0.1) is 0 Å². The molecule has 0 aromatic carbocycles. The van der Waals surface area contributed by atoms with Gasteiger partial charge in [-0.2, -0.15) is 0 Å². The smallest absolute Gasteiger partial charge is 0.331 e. The molecule has 1 atom stereocenters. The molecule has 8 heteroatoms. The van der Waals surface area contributed by atoms with Crippen molar-refractivity contribution in [2.75, 3.05) is 19.6 Å². The van der Waals surface area contributed by atoms with Gasteiger partial charge in [-0.25, -0.2) is 4.79 Å². The van der Waals surface area contributed by atoms with Gasteiger partial charge in [0.15, 0.2) is 0 Å². The minimum atomic E-state index is -0.509. The number of nitrogens with zero attached hydrogens (tertiary/aromatic N) is 3. The summed E-state index contributed by atoms with van der Waals surface area (Å²) in [4.78, 5) is 37.9. The number of amides is 1. The highest BCUT2D eigenvalue weighted by Gasteiger charge is 2.25. The van der Waals surface area contributed by atoms with Gasteiger partial charge in [-0.05, 0) is 38.1 Å². The molecule has 8 nitrogen and oxygen atoms in total. The van der Waals surface area contributed by atoms with Crippen molar-refractivity contribution in [3.05, 3.63) is 57.3 Å². The number of nitrogens with one attached hydrogen (secondary N) is 1. The molecule has 1 N–H and O–H groups in total. The third kappa shape index (κ3) is 3.90. The van der Waals surface area contributed by atoms with Crippen LogP contribution in [0.3, 0.4) is 0 Å². The number of rotatable bonds is 6. The first-order chi connectivity index (χ1) is 12.1. The summed E-state index contributed by atoms with van der Waals surface area (Å²) < 4.78 is 7.71. The first-order valence-electron chi connectivity index (χ1n) is 8.37. The van der Waals surface area contributed by atoms with Crippen molar-refractivity contribution in [3.8, 4) is 0 Å². The van der Waals surface area contributed by atoms with Gasteiger partial charge in [0.1, 0.15) is 12.3 Å². The molecule has 2 aromatic rings. The van der Waals surface area contributed by atoms with E-state index in [0.29, 0.717) is 6.54 Å². The minimum Gasteiger partial charge on any atom is -0.468 e. The van der Waals surface area contributed by atoms with Crippen LogP contribution in [0.4, 0.5) is 0 Å². The third-order valence-corrected chi connectivity index (χ3v) is 4.52. The van der Waals surface area contributed by atoms with Gasteiger partial charge in [0, 0.05) is 25.9 Å². The second-order valence-electron chi connectivity index (χ2n) is 6.20. The molecule has 3 rings (SSSR count). The van der Waals surface area contributed by atoms with E-state index in [1.165, 1.54) is 23.9 Å². The molecule has 1 aliphatic rings. The highest BCUT2D eigenvalue weighted by molar-refractivity contribution is 5.75. The van der Waals surface area contributed by atoms with Crippen LogP contribution in [-0.4, -0.2) is 39.6 Å². The first-order valence-corrected chi connectivity index (χ1v) is 8.37. The maximum Gasteiger partial charge on any atom is 0.331 e. The number of carbonyl (C=O) groups excluding carboxylic acids is 1. The van der Waals surface area contributed by atoms with Crippen LogP contribution in [0.2, 0.25) is 0 Å². The van der Waals surface area contributed by atoms with Crippen LogP contribution in [0, 0.1) is 0 Å². The number of hydrogen-bond acceptors (Lipinski definition) is 5. The Morgan fingerprint density at radius 2 is 2.04 bits per heavy atom. The summed E-state index contributed by atoms with van der Waals surface area (Å²) >= 11 is 0. The highest BCUT2D eigenvalue weighted by Crippen LogP contribution is 2.24. The SMILES string of the molecule is Cn1c(=O)ccn(CC(=O)NC[C@H](c2ccco2)N2CCCC2)c1=O. The molecule has 0 unspecified atom stereocenters. The minimum absolute atomic E-state index is 0.0155. The lowest BCUT2D eigenvalue weighted by Crippen LogP contribution is -2.42. The van der Waals surface area contributed by atoms with Gasteiger partial charge < -0.3 is 9.73 Å². The molecule has 1 saturated heterocycles. The average molecular weight is 346 g/mol. The Morgan fingerprint density at radius 1 is 1.28 bits per heavy atom. The molecule has 25 heavy (non-hydrogen) atoms. The Hall–Kier alpha value is -2.61. The van der Waals surface area contributed by atoms with Crippen molar-refractivity contribution >= 4 is 5.91 Å². The molecule has 0 spiro atoms. The maximum atomic E-state index is 12.2. The molecule has 134 valence electrons. The van der Waals surface area contributed by atoms with Crippen LogP contribution >= 0.6 is 0 Å². The summed E-state index contributed by atoms with van der Waals surface area (Å²) in [6.45, 7) is 2.23. The molecule has 0 aliphatic carbocycles. The van der Waals surface area contributed by atoms with E-state index in [-0.39, 0.29) is 18.5 Å². The lowest BCUT2D eigenvalue weighted by atomic mass is 10.2. The van der Waals surface area contributed by atoms with Crippen LogP contribution in [0.15, 0.2) is 44.7 Å². The van der Waals surface area contributed by atoms with Gasteiger partial charge in [0.25, 0.3) is 5.56 Å². The standard InChI is InChI=1S/C17H22N4O4/c1-19-16(23)6-9-21(17(19)24)12-15(22)18-11-13(14-5-4-10-25-14)20-7-2-3-8-20/h4-6,9-10,13H,2-3,7-8,11-12H2,1H3,(H,18,22)/t13-/m1/s1. The van der Waals surface area contributed by atoms with Crippen molar-refractivity contribution in [1.29, 1.82) is 0 Å². The Kier molecular flexibility index (Phi) is 5.18. The fourth-order valence-corrected chi connectivity index (χ4v) is 3.10. The van der Waals surface area contributed by atoms with Gasteiger partial charge >= 0.3 is 5.69 Å². The Morgan fingerprint density at radius 3 is 2.72 bits per heavy atom. The highest BCUT2D eigenvalue weighted by atomic mass is 16.3. The van der Waals surface area contributed by atoms with Gasteiger partial charge in [-0.3, -0.25) is 23.6 Å². The second kappa shape index (κ2) is 7.52. The third-order valence-electron chi connectivity index (χ3n) is 4.52. The van der Waals surface area contributed by atoms with Gasteiger partial charge in [-0.1, -0.05) is 0 Å². The number of carbonyl (C=O) groups is 1. The monoisotopic (exact) mass is 346 g/mol. The lowest BCUT2D eigenvalue weighted by Gasteiger charge is -2.26. The zero-order valence-corrected chi connectivity index (χ0v) is 14.2. The molecular weight excluding hydrogens is 324 g/mol. The zero-order valence-electron chi connectivity index (χ0n) is 14.2. The van der Waals surface area contributed by atoms with E-state index in [0.717, 1.165) is 36.3 Å². The van der Waals surface area contributed by atoms with E-state index in [2.05, 4.69) is 10.2 Å². The summed E-state index contributed by atoms with van der Waals surface area (Å²) in [6.07, 6.45) is 5.25. The molecule has 0 radical (unpaired) electrons. The number of aromatic nitrogens is 2. The molecule has 0 saturated carbocycles. The van der Waals surface area contributed by atoms with E-state index >= 15 is 0 Å². The molecule has 3 heterocycles. The Bertz CT molecular complexity index is 831. The number of hydrogen-bond donors (Lipinski definition) is 1. The predicted molar refractivity (Wildman–Crippen MR) is 91.2 cm³/mol. The summed E-state index contributed by atoms with van der Waals surface area (Å²) in [6, 6.07) is 5.00. The fourth-order valence-electron chi connectivity index (χ4n) is 3.10. The van der Waals surface area contributed by atoms with Crippen molar-refractivity contribution < 1.29 is 9.21 Å². The Balaban J connectivity index is 1.65. The van der Waals surface area contributed by atoms with E-state index < -0.39 is 11.2 Å². The average Bonchev–Trinajstić information content (AvgIpc) is 3.30. The summed E-state index contributed by atoms with van der Waals surface area (Å²) in [7, 11) is 1.39. The van der Waals surface area contributed by atoms with Crippen LogP contribution in [0.25, 0.3) is 0 Å². The molecule has 0 bridgehead atoms. The molecule has 2 aromatic heterocycles. The summed E-state index contributed by atoms with van der Waals surface area (Å²) in [5.74, 6) is 0.540. The van der Waals surface area contributed by atoms with E-state index in [4.69, 9.17) is 4.42 Å².